The summed E-state index contributed by atoms with van der Waals surface area (Å²) in [5, 5.41) is 15.0. The number of benzene rings is 2. The second-order valence-corrected chi connectivity index (χ2v) is 6.25. The minimum Gasteiger partial charge on any atom is -0.493 e. The Balaban J connectivity index is 1.82. The minimum absolute atomic E-state index is 0.0854. The molecule has 0 radical (unpaired) electrons. The molecule has 0 bridgehead atoms. The molecule has 0 aliphatic heterocycles. The summed E-state index contributed by atoms with van der Waals surface area (Å²) in [5.41, 5.74) is -0.212. The molecule has 0 spiro atoms. The summed E-state index contributed by atoms with van der Waals surface area (Å²) in [6.07, 6.45) is 0.559. The van der Waals surface area contributed by atoms with Crippen LogP contribution in [0.25, 0.3) is 11.8 Å². The van der Waals surface area contributed by atoms with Crippen molar-refractivity contribution in [2.24, 2.45) is 0 Å². The predicted octanol–water partition coefficient (Wildman–Crippen LogP) is 3.85. The van der Waals surface area contributed by atoms with Gasteiger partial charge in [-0.1, -0.05) is 6.07 Å². The van der Waals surface area contributed by atoms with Crippen molar-refractivity contribution in [3.8, 4) is 23.3 Å². The van der Waals surface area contributed by atoms with Gasteiger partial charge in [0.1, 0.15) is 18.7 Å². The molecule has 1 heterocycles. The maximum atomic E-state index is 13.1. The van der Waals surface area contributed by atoms with Gasteiger partial charge < -0.3 is 14.8 Å². The molecule has 32 heavy (non-hydrogen) atoms. The summed E-state index contributed by atoms with van der Waals surface area (Å²) in [6.45, 7) is -0.154. The minimum atomic E-state index is -4.58. The smallest absolute Gasteiger partial charge is 0.416 e. The molecule has 0 saturated carbocycles. The van der Waals surface area contributed by atoms with Crippen LogP contribution in [-0.4, -0.2) is 34.4 Å². The molecule has 3 rings (SSSR count). The Morgan fingerprint density at radius 1 is 1.25 bits per heavy atom. The number of ether oxygens (including phenoxy) is 2. The van der Waals surface area contributed by atoms with Gasteiger partial charge in [0.25, 0.3) is 0 Å². The van der Waals surface area contributed by atoms with Crippen LogP contribution >= 0.6 is 0 Å². The van der Waals surface area contributed by atoms with Gasteiger partial charge in [-0.2, -0.15) is 23.5 Å². The number of aromatic nitrogens is 3. The molecule has 0 aliphatic rings. The fourth-order valence-corrected chi connectivity index (χ4v) is 2.71. The van der Waals surface area contributed by atoms with E-state index in [1.54, 1.807) is 18.2 Å². The number of carbonyl (C=O) groups excluding carboxylic acids is 1. The second-order valence-electron chi connectivity index (χ2n) is 6.25. The van der Waals surface area contributed by atoms with Crippen molar-refractivity contribution < 1.29 is 27.4 Å². The number of nitrogens with one attached hydrogen (secondary N) is 1. The van der Waals surface area contributed by atoms with Gasteiger partial charge in [-0.3, -0.25) is 4.79 Å². The van der Waals surface area contributed by atoms with Crippen LogP contribution in [0.2, 0.25) is 0 Å². The van der Waals surface area contributed by atoms with Crippen molar-refractivity contribution in [3.05, 3.63) is 66.3 Å². The van der Waals surface area contributed by atoms with E-state index in [9.17, 15) is 18.0 Å². The van der Waals surface area contributed by atoms with E-state index in [0.717, 1.165) is 18.2 Å². The Labute approximate surface area is 180 Å². The van der Waals surface area contributed by atoms with E-state index in [2.05, 4.69) is 15.4 Å². The molecular weight excluding hydrogens is 427 g/mol. The third-order valence-corrected chi connectivity index (χ3v) is 4.15. The first-order valence-corrected chi connectivity index (χ1v) is 9.05. The average Bonchev–Trinajstić information content (AvgIpc) is 3.30. The first-order valence-electron chi connectivity index (χ1n) is 9.05. The quantitative estimate of drug-likeness (QED) is 0.557. The monoisotopic (exact) mass is 443 g/mol. The van der Waals surface area contributed by atoms with E-state index in [1.165, 1.54) is 36.6 Å². The van der Waals surface area contributed by atoms with Crippen LogP contribution in [-0.2, 0) is 11.0 Å². The summed E-state index contributed by atoms with van der Waals surface area (Å²) in [7, 11) is 1.42. The average molecular weight is 443 g/mol. The summed E-state index contributed by atoms with van der Waals surface area (Å²) in [6, 6.07) is 9.55. The normalized spacial score (nSPS) is 11.2. The Hall–Kier alpha value is -4.33. The molecule has 1 N–H and O–H groups in total. The zero-order valence-corrected chi connectivity index (χ0v) is 16.6. The molecule has 0 fully saturated rings. The second kappa shape index (κ2) is 9.65. The number of nitriles is 1. The topological polar surface area (TPSA) is 102 Å². The Bertz CT molecular complexity index is 1170. The molecule has 3 aromatic rings. The molecule has 2 aromatic carbocycles. The van der Waals surface area contributed by atoms with Gasteiger partial charge >= 0.3 is 6.18 Å². The molecule has 11 heteroatoms. The maximum absolute atomic E-state index is 13.1. The maximum Gasteiger partial charge on any atom is 0.416 e. The highest BCUT2D eigenvalue weighted by atomic mass is 19.4. The summed E-state index contributed by atoms with van der Waals surface area (Å²) in [4.78, 5) is 16.2. The molecule has 1 amide bonds. The number of halogens is 3. The van der Waals surface area contributed by atoms with Crippen LogP contribution in [0, 0.1) is 11.3 Å². The van der Waals surface area contributed by atoms with E-state index in [1.807, 2.05) is 6.07 Å². The van der Waals surface area contributed by atoms with Crippen LogP contribution in [0.4, 0.5) is 18.9 Å². The molecule has 164 valence electrons. The molecular formula is C21H16F3N5O3. The Kier molecular flexibility index (Phi) is 6.74. The van der Waals surface area contributed by atoms with Gasteiger partial charge in [-0.25, -0.2) is 9.67 Å². The number of hydrogen-bond acceptors (Lipinski definition) is 6. The van der Waals surface area contributed by atoms with E-state index >= 15 is 0 Å². The van der Waals surface area contributed by atoms with Gasteiger partial charge in [0.2, 0.25) is 5.91 Å². The lowest BCUT2D eigenvalue weighted by molar-refractivity contribution is -0.137. The van der Waals surface area contributed by atoms with Crippen LogP contribution in [0.15, 0.2) is 55.1 Å². The van der Waals surface area contributed by atoms with Crippen molar-refractivity contribution in [1.82, 2.24) is 14.8 Å². The first kappa shape index (κ1) is 22.4. The van der Waals surface area contributed by atoms with Crippen molar-refractivity contribution in [2.45, 2.75) is 6.18 Å². The Morgan fingerprint density at radius 3 is 2.72 bits per heavy atom. The number of amides is 1. The van der Waals surface area contributed by atoms with E-state index in [0.29, 0.717) is 17.1 Å². The number of rotatable bonds is 7. The number of nitrogens with zero attached hydrogens (tertiary/aromatic N) is 4. The van der Waals surface area contributed by atoms with Gasteiger partial charge in [-0.05, 0) is 42.0 Å². The van der Waals surface area contributed by atoms with Crippen LogP contribution in [0.1, 0.15) is 11.1 Å². The molecule has 0 unspecified atom stereocenters. The van der Waals surface area contributed by atoms with Gasteiger partial charge in [0.15, 0.2) is 18.1 Å². The molecule has 0 atom stereocenters. The van der Waals surface area contributed by atoms with Crippen molar-refractivity contribution in [3.63, 3.8) is 0 Å². The zero-order valence-electron chi connectivity index (χ0n) is 16.6. The molecule has 0 aliphatic carbocycles. The highest BCUT2D eigenvalue weighted by Gasteiger charge is 2.31. The fourth-order valence-electron chi connectivity index (χ4n) is 2.71. The largest absolute Gasteiger partial charge is 0.493 e. The van der Waals surface area contributed by atoms with Crippen LogP contribution < -0.4 is 14.8 Å². The number of hydrogen-bond donors (Lipinski definition) is 1. The van der Waals surface area contributed by atoms with E-state index < -0.39 is 17.6 Å². The molecule has 1 aromatic heterocycles. The zero-order chi connectivity index (χ0) is 23.1. The van der Waals surface area contributed by atoms with Crippen LogP contribution in [0.3, 0.4) is 0 Å². The van der Waals surface area contributed by atoms with Gasteiger partial charge in [0.05, 0.1) is 24.0 Å². The van der Waals surface area contributed by atoms with Crippen LogP contribution in [0.5, 0.6) is 11.5 Å². The fraction of sp³-hybridized carbons (Fsp3) is 0.143. The molecule has 0 saturated heterocycles. The van der Waals surface area contributed by atoms with Crippen molar-refractivity contribution in [2.75, 3.05) is 19.0 Å². The number of alkyl halides is 3. The lowest BCUT2D eigenvalue weighted by Crippen LogP contribution is -2.13. The Morgan fingerprint density at radius 2 is 2.06 bits per heavy atom. The van der Waals surface area contributed by atoms with Gasteiger partial charge in [-0.15, -0.1) is 0 Å². The lowest BCUT2D eigenvalue weighted by atomic mass is 10.1. The molecule has 8 nitrogen and oxygen atoms in total. The number of carbonyl (C=O) groups is 1. The summed E-state index contributed by atoms with van der Waals surface area (Å²) in [5.74, 6) is 0.0562. The summed E-state index contributed by atoms with van der Waals surface area (Å²) < 4.78 is 51.1. The predicted molar refractivity (Wildman–Crippen MR) is 108 cm³/mol. The summed E-state index contributed by atoms with van der Waals surface area (Å²) >= 11 is 0. The first-order chi connectivity index (χ1) is 15.3. The van der Waals surface area contributed by atoms with Gasteiger partial charge in [0, 0.05) is 6.08 Å². The number of anilines is 1. The lowest BCUT2D eigenvalue weighted by Gasteiger charge is -2.13. The third-order valence-electron chi connectivity index (χ3n) is 4.15. The number of methoxy groups -OCH3 is 1. The van der Waals surface area contributed by atoms with Crippen molar-refractivity contribution >= 4 is 17.7 Å². The van der Waals surface area contributed by atoms with E-state index in [-0.39, 0.29) is 18.0 Å². The highest BCUT2D eigenvalue weighted by molar-refractivity contribution is 6.03. The highest BCUT2D eigenvalue weighted by Crippen LogP contribution is 2.33. The SMILES string of the molecule is COc1cc(C=CC(=O)Nc2cc(C(F)(F)F)ccc2-n2cncn2)ccc1OCC#N. The van der Waals surface area contributed by atoms with E-state index in [4.69, 9.17) is 14.7 Å². The van der Waals surface area contributed by atoms with Crippen molar-refractivity contribution in [1.29, 1.82) is 5.26 Å². The third kappa shape index (κ3) is 5.42. The standard InChI is InChI=1S/C21H16F3N5O3/c1-31-19-10-14(2-6-18(19)32-9-8-25)3-7-20(30)28-16-11-15(21(22,23)24)4-5-17(16)29-13-26-12-27-29/h2-7,10-13H,9H2,1H3,(H,28,30).